The van der Waals surface area contributed by atoms with E-state index in [0.29, 0.717) is 23.4 Å². The number of benzene rings is 2. The van der Waals surface area contributed by atoms with Crippen LogP contribution in [0.5, 0.6) is 0 Å². The van der Waals surface area contributed by atoms with E-state index in [4.69, 9.17) is 11.6 Å². The van der Waals surface area contributed by atoms with Crippen LogP contribution in [0.25, 0.3) is 16.7 Å². The van der Waals surface area contributed by atoms with E-state index in [1.807, 2.05) is 4.57 Å². The number of aromatic nitrogens is 2. The SMILES string of the molecule is Cc1cc2c(cc1F)nc(CCCl)n2-c1ccc(F)cc1. The van der Waals surface area contributed by atoms with Crippen LogP contribution in [0.1, 0.15) is 11.4 Å². The summed E-state index contributed by atoms with van der Waals surface area (Å²) in [7, 11) is 0. The summed E-state index contributed by atoms with van der Waals surface area (Å²) >= 11 is 5.82. The summed E-state index contributed by atoms with van der Waals surface area (Å²) in [5.41, 5.74) is 2.69. The number of hydrogen-bond donors (Lipinski definition) is 0. The van der Waals surface area contributed by atoms with Crippen LogP contribution in [0.4, 0.5) is 8.78 Å². The van der Waals surface area contributed by atoms with Gasteiger partial charge in [-0.1, -0.05) is 0 Å². The van der Waals surface area contributed by atoms with E-state index in [0.717, 1.165) is 17.0 Å². The van der Waals surface area contributed by atoms with Crippen molar-refractivity contribution in [1.29, 1.82) is 0 Å². The Morgan fingerprint density at radius 1 is 1.14 bits per heavy atom. The Hall–Kier alpha value is -1.94. The van der Waals surface area contributed by atoms with Crippen LogP contribution in [-0.2, 0) is 6.42 Å². The average Bonchev–Trinajstić information content (AvgIpc) is 2.78. The summed E-state index contributed by atoms with van der Waals surface area (Å²) in [6.45, 7) is 1.71. The van der Waals surface area contributed by atoms with Crippen molar-refractivity contribution in [3.8, 4) is 5.69 Å². The second kappa shape index (κ2) is 5.45. The van der Waals surface area contributed by atoms with Crippen molar-refractivity contribution in [1.82, 2.24) is 9.55 Å². The molecule has 0 saturated heterocycles. The minimum absolute atomic E-state index is 0.288. The molecule has 1 heterocycles. The van der Waals surface area contributed by atoms with E-state index >= 15 is 0 Å². The second-order valence-electron chi connectivity index (χ2n) is 4.87. The highest BCUT2D eigenvalue weighted by Gasteiger charge is 2.14. The average molecular weight is 307 g/mol. The number of halogens is 3. The standard InChI is InChI=1S/C16H13ClF2N2/c1-10-8-15-14(9-13(10)19)20-16(6-7-17)21(15)12-4-2-11(18)3-5-12/h2-5,8-9H,6-7H2,1H3. The summed E-state index contributed by atoms with van der Waals surface area (Å²) in [6, 6.07) is 9.30. The van der Waals surface area contributed by atoms with Crippen molar-refractivity contribution in [2.24, 2.45) is 0 Å². The first-order chi connectivity index (χ1) is 10.1. The molecular formula is C16H13ClF2N2. The fraction of sp³-hybridized carbons (Fsp3) is 0.188. The zero-order chi connectivity index (χ0) is 15.0. The number of alkyl halides is 1. The van der Waals surface area contributed by atoms with E-state index in [-0.39, 0.29) is 11.6 Å². The van der Waals surface area contributed by atoms with Gasteiger partial charge in [0.1, 0.15) is 17.5 Å². The molecule has 0 bridgehead atoms. The van der Waals surface area contributed by atoms with Gasteiger partial charge in [-0.25, -0.2) is 13.8 Å². The molecule has 0 aliphatic carbocycles. The second-order valence-corrected chi connectivity index (χ2v) is 5.25. The summed E-state index contributed by atoms with van der Waals surface area (Å²) < 4.78 is 28.7. The molecule has 0 N–H and O–H groups in total. The Morgan fingerprint density at radius 2 is 1.86 bits per heavy atom. The maximum atomic E-state index is 13.7. The van der Waals surface area contributed by atoms with Crippen molar-refractivity contribution in [3.63, 3.8) is 0 Å². The van der Waals surface area contributed by atoms with E-state index in [1.165, 1.54) is 18.2 Å². The fourth-order valence-corrected chi connectivity index (χ4v) is 2.55. The molecule has 2 nitrogen and oxygen atoms in total. The number of aryl methyl sites for hydroxylation is 2. The van der Waals surface area contributed by atoms with E-state index < -0.39 is 0 Å². The van der Waals surface area contributed by atoms with Gasteiger partial charge in [-0.2, -0.15) is 0 Å². The molecular weight excluding hydrogens is 294 g/mol. The quantitative estimate of drug-likeness (QED) is 0.656. The predicted molar refractivity (Wildman–Crippen MR) is 80.1 cm³/mol. The third kappa shape index (κ3) is 2.51. The zero-order valence-corrected chi connectivity index (χ0v) is 12.2. The molecule has 2 aromatic carbocycles. The molecule has 5 heteroatoms. The summed E-state index contributed by atoms with van der Waals surface area (Å²) in [4.78, 5) is 4.45. The minimum Gasteiger partial charge on any atom is -0.296 e. The zero-order valence-electron chi connectivity index (χ0n) is 11.4. The lowest BCUT2D eigenvalue weighted by atomic mass is 10.2. The maximum absolute atomic E-state index is 13.7. The van der Waals surface area contributed by atoms with Gasteiger partial charge in [0.25, 0.3) is 0 Å². The molecule has 108 valence electrons. The molecule has 0 aliphatic heterocycles. The Labute approximate surface area is 126 Å². The van der Waals surface area contributed by atoms with Crippen LogP contribution < -0.4 is 0 Å². The first-order valence-electron chi connectivity index (χ1n) is 6.59. The lowest BCUT2D eigenvalue weighted by molar-refractivity contribution is 0.620. The van der Waals surface area contributed by atoms with Crippen LogP contribution in [0.2, 0.25) is 0 Å². The molecule has 0 unspecified atom stereocenters. The number of rotatable bonds is 3. The number of imidazole rings is 1. The molecule has 1 aromatic heterocycles. The first kappa shape index (κ1) is 14.0. The highest BCUT2D eigenvalue weighted by Crippen LogP contribution is 2.25. The number of nitrogens with zero attached hydrogens (tertiary/aromatic N) is 2. The lowest BCUT2D eigenvalue weighted by Crippen LogP contribution is -2.02. The number of fused-ring (bicyclic) bond motifs is 1. The van der Waals surface area contributed by atoms with Crippen LogP contribution in [-0.4, -0.2) is 15.4 Å². The Morgan fingerprint density at radius 3 is 2.52 bits per heavy atom. The van der Waals surface area contributed by atoms with Gasteiger partial charge < -0.3 is 0 Å². The highest BCUT2D eigenvalue weighted by atomic mass is 35.5. The monoisotopic (exact) mass is 306 g/mol. The van der Waals surface area contributed by atoms with Crippen LogP contribution >= 0.6 is 11.6 Å². The van der Waals surface area contributed by atoms with E-state index in [1.54, 1.807) is 25.1 Å². The van der Waals surface area contributed by atoms with Gasteiger partial charge in [0.2, 0.25) is 0 Å². The summed E-state index contributed by atoms with van der Waals surface area (Å²) in [5, 5.41) is 0. The number of hydrogen-bond acceptors (Lipinski definition) is 1. The lowest BCUT2D eigenvalue weighted by Gasteiger charge is -2.09. The highest BCUT2D eigenvalue weighted by molar-refractivity contribution is 6.17. The Bertz CT molecular complexity index is 794. The van der Waals surface area contributed by atoms with Gasteiger partial charge in [-0.3, -0.25) is 4.57 Å². The molecule has 0 atom stereocenters. The summed E-state index contributed by atoms with van der Waals surface area (Å²) in [5.74, 6) is 0.552. The Kier molecular flexibility index (Phi) is 3.64. The van der Waals surface area contributed by atoms with E-state index in [9.17, 15) is 8.78 Å². The van der Waals surface area contributed by atoms with Gasteiger partial charge in [0.15, 0.2) is 0 Å². The van der Waals surface area contributed by atoms with Crippen molar-refractivity contribution in [3.05, 3.63) is 59.4 Å². The molecule has 3 aromatic rings. The van der Waals surface area contributed by atoms with Crippen molar-refractivity contribution >= 4 is 22.6 Å². The molecule has 0 radical (unpaired) electrons. The predicted octanol–water partition coefficient (Wildman–Crippen LogP) is 4.39. The topological polar surface area (TPSA) is 17.8 Å². The van der Waals surface area contributed by atoms with Gasteiger partial charge in [0.05, 0.1) is 11.0 Å². The minimum atomic E-state index is -0.302. The van der Waals surface area contributed by atoms with Crippen LogP contribution in [0, 0.1) is 18.6 Å². The van der Waals surface area contributed by atoms with Gasteiger partial charge in [-0.05, 0) is 42.8 Å². The molecule has 21 heavy (non-hydrogen) atoms. The molecule has 0 saturated carbocycles. The normalized spacial score (nSPS) is 11.2. The molecule has 0 aliphatic rings. The molecule has 3 rings (SSSR count). The third-order valence-electron chi connectivity index (χ3n) is 3.41. The molecule has 0 spiro atoms. The third-order valence-corrected chi connectivity index (χ3v) is 3.60. The fourth-order valence-electron chi connectivity index (χ4n) is 2.38. The van der Waals surface area contributed by atoms with E-state index in [2.05, 4.69) is 4.98 Å². The van der Waals surface area contributed by atoms with Crippen molar-refractivity contribution in [2.75, 3.05) is 5.88 Å². The summed E-state index contributed by atoms with van der Waals surface area (Å²) in [6.07, 6.45) is 0.550. The van der Waals surface area contributed by atoms with Crippen LogP contribution in [0.3, 0.4) is 0 Å². The largest absolute Gasteiger partial charge is 0.296 e. The first-order valence-corrected chi connectivity index (χ1v) is 7.13. The van der Waals surface area contributed by atoms with Crippen LogP contribution in [0.15, 0.2) is 36.4 Å². The smallest absolute Gasteiger partial charge is 0.128 e. The van der Waals surface area contributed by atoms with Crippen molar-refractivity contribution in [2.45, 2.75) is 13.3 Å². The molecule has 0 amide bonds. The Balaban J connectivity index is 2.29. The van der Waals surface area contributed by atoms with Gasteiger partial charge in [0, 0.05) is 24.1 Å². The van der Waals surface area contributed by atoms with Crippen molar-refractivity contribution < 1.29 is 8.78 Å². The maximum Gasteiger partial charge on any atom is 0.128 e. The van der Waals surface area contributed by atoms with Gasteiger partial charge in [-0.15, -0.1) is 11.6 Å². The van der Waals surface area contributed by atoms with Gasteiger partial charge >= 0.3 is 0 Å². The molecule has 0 fully saturated rings.